The van der Waals surface area contributed by atoms with Gasteiger partial charge in [0.1, 0.15) is 5.75 Å². The molecule has 1 aliphatic heterocycles. The number of fused-ring (bicyclic) bond motifs is 1. The molecule has 0 radical (unpaired) electrons. The van der Waals surface area contributed by atoms with E-state index in [1.165, 1.54) is 0 Å². The molecule has 1 unspecified atom stereocenters. The van der Waals surface area contributed by atoms with E-state index in [0.29, 0.717) is 6.42 Å². The second kappa shape index (κ2) is 3.37. The van der Waals surface area contributed by atoms with E-state index in [4.69, 9.17) is 0 Å². The van der Waals surface area contributed by atoms with Crippen LogP contribution in [0.2, 0.25) is 0 Å². The zero-order valence-corrected chi connectivity index (χ0v) is 9.53. The maximum Gasteiger partial charge on any atom is 0.237 e. The fourth-order valence-electron chi connectivity index (χ4n) is 2.34. The Hall–Kier alpha value is -1.77. The first-order valence-corrected chi connectivity index (χ1v) is 5.23. The number of amides is 1. The molecule has 1 N–H and O–H groups in total. The van der Waals surface area contributed by atoms with Crippen LogP contribution in [0.5, 0.6) is 5.75 Å². The van der Waals surface area contributed by atoms with Crippen LogP contribution in [0.4, 0.5) is 5.69 Å². The van der Waals surface area contributed by atoms with Crippen LogP contribution in [-0.2, 0) is 10.2 Å². The lowest BCUT2D eigenvalue weighted by atomic mass is 9.80. The lowest BCUT2D eigenvalue weighted by Crippen LogP contribution is -2.35. The molecule has 1 amide bonds. The number of benzene rings is 1. The molecule has 1 atom stereocenters. The number of rotatable bonds is 2. The van der Waals surface area contributed by atoms with Gasteiger partial charge in [0.2, 0.25) is 5.91 Å². The van der Waals surface area contributed by atoms with Gasteiger partial charge in [0, 0.05) is 12.7 Å². The van der Waals surface area contributed by atoms with Gasteiger partial charge in [-0.15, -0.1) is 6.58 Å². The number of carbonyl (C=O) groups excluding carboxylic acids is 1. The van der Waals surface area contributed by atoms with Crippen molar-refractivity contribution in [3.8, 4) is 5.75 Å². The quantitative estimate of drug-likeness (QED) is 0.771. The Kier molecular flexibility index (Phi) is 2.26. The first-order valence-electron chi connectivity index (χ1n) is 5.23. The summed E-state index contributed by atoms with van der Waals surface area (Å²) in [7, 11) is 1.76. The monoisotopic (exact) mass is 217 g/mol. The molecule has 2 rings (SSSR count). The second-order valence-corrected chi connectivity index (χ2v) is 4.39. The number of nitrogens with zero attached hydrogens (tertiary/aromatic N) is 1. The zero-order valence-electron chi connectivity index (χ0n) is 9.53. The van der Waals surface area contributed by atoms with Gasteiger partial charge in [-0.2, -0.15) is 0 Å². The van der Waals surface area contributed by atoms with E-state index in [1.807, 2.05) is 6.92 Å². The number of likely N-dealkylation sites (N-methyl/N-ethyl adjacent to an activating group) is 1. The van der Waals surface area contributed by atoms with Gasteiger partial charge in [0.25, 0.3) is 0 Å². The number of aromatic hydroxyl groups is 1. The number of hydrogen-bond acceptors (Lipinski definition) is 2. The fourth-order valence-corrected chi connectivity index (χ4v) is 2.34. The first kappa shape index (κ1) is 10.7. The van der Waals surface area contributed by atoms with Gasteiger partial charge in [-0.1, -0.05) is 6.08 Å². The van der Waals surface area contributed by atoms with Gasteiger partial charge in [-0.05, 0) is 37.1 Å². The smallest absolute Gasteiger partial charge is 0.237 e. The standard InChI is InChI=1S/C13H15NO2/c1-4-7-13(2)10-8-9(15)5-6-11(10)14(3)12(13)16/h4-6,8,15H,1,7H2,2-3H3. The molecule has 0 aromatic heterocycles. The molecule has 16 heavy (non-hydrogen) atoms. The molecule has 1 aromatic rings. The first-order chi connectivity index (χ1) is 7.50. The summed E-state index contributed by atoms with van der Waals surface area (Å²) < 4.78 is 0. The topological polar surface area (TPSA) is 40.5 Å². The highest BCUT2D eigenvalue weighted by Crippen LogP contribution is 2.44. The third-order valence-corrected chi connectivity index (χ3v) is 3.27. The Bertz CT molecular complexity index is 467. The molecule has 0 saturated heterocycles. The van der Waals surface area contributed by atoms with Crippen LogP contribution in [0.15, 0.2) is 30.9 Å². The fraction of sp³-hybridized carbons (Fsp3) is 0.308. The minimum Gasteiger partial charge on any atom is -0.508 e. The number of carbonyl (C=O) groups is 1. The van der Waals surface area contributed by atoms with Crippen LogP contribution in [0.1, 0.15) is 18.9 Å². The summed E-state index contributed by atoms with van der Waals surface area (Å²) in [5.74, 6) is 0.241. The van der Waals surface area contributed by atoms with Crippen molar-refractivity contribution in [3.05, 3.63) is 36.4 Å². The molecule has 3 heteroatoms. The van der Waals surface area contributed by atoms with Crippen LogP contribution in [0, 0.1) is 0 Å². The Balaban J connectivity index is 2.63. The lowest BCUT2D eigenvalue weighted by molar-refractivity contribution is -0.122. The Morgan fingerprint density at radius 3 is 2.88 bits per heavy atom. The highest BCUT2D eigenvalue weighted by atomic mass is 16.3. The molecule has 84 valence electrons. The minimum absolute atomic E-state index is 0.0491. The number of phenolic OH excluding ortho intramolecular Hbond substituents is 1. The van der Waals surface area contributed by atoms with Crippen LogP contribution in [0.3, 0.4) is 0 Å². The molecule has 0 saturated carbocycles. The Labute approximate surface area is 95.0 Å². The van der Waals surface area contributed by atoms with E-state index in [9.17, 15) is 9.90 Å². The number of hydrogen-bond donors (Lipinski definition) is 1. The summed E-state index contributed by atoms with van der Waals surface area (Å²) >= 11 is 0. The average molecular weight is 217 g/mol. The molecule has 1 heterocycles. The van der Waals surface area contributed by atoms with Gasteiger partial charge >= 0.3 is 0 Å². The van der Waals surface area contributed by atoms with Crippen molar-refractivity contribution < 1.29 is 9.90 Å². The van der Waals surface area contributed by atoms with Crippen molar-refractivity contribution in [1.29, 1.82) is 0 Å². The summed E-state index contributed by atoms with van der Waals surface area (Å²) in [5, 5.41) is 9.51. The minimum atomic E-state index is -0.593. The molecule has 0 fully saturated rings. The van der Waals surface area contributed by atoms with Gasteiger partial charge in [0.15, 0.2) is 0 Å². The summed E-state index contributed by atoms with van der Waals surface area (Å²) in [6.45, 7) is 5.58. The Morgan fingerprint density at radius 1 is 1.56 bits per heavy atom. The molecule has 0 bridgehead atoms. The number of anilines is 1. The SMILES string of the molecule is C=CCC1(C)C(=O)N(C)c2ccc(O)cc21. The predicted octanol–water partition coefficient (Wildman–Crippen LogP) is 2.20. The molecular formula is C13H15NO2. The van der Waals surface area contributed by atoms with Crippen LogP contribution in [-0.4, -0.2) is 18.1 Å². The maximum atomic E-state index is 12.2. The van der Waals surface area contributed by atoms with Gasteiger partial charge < -0.3 is 10.0 Å². The van der Waals surface area contributed by atoms with Crippen molar-refractivity contribution >= 4 is 11.6 Å². The van der Waals surface area contributed by atoms with E-state index >= 15 is 0 Å². The highest BCUT2D eigenvalue weighted by molar-refractivity contribution is 6.07. The third kappa shape index (κ3) is 1.24. The molecular weight excluding hydrogens is 202 g/mol. The molecule has 0 aliphatic carbocycles. The van der Waals surface area contributed by atoms with Crippen molar-refractivity contribution in [1.82, 2.24) is 0 Å². The van der Waals surface area contributed by atoms with Gasteiger partial charge in [0.05, 0.1) is 5.41 Å². The summed E-state index contributed by atoms with van der Waals surface area (Å²) in [6, 6.07) is 5.04. The number of phenols is 1. The third-order valence-electron chi connectivity index (χ3n) is 3.27. The van der Waals surface area contributed by atoms with Crippen molar-refractivity contribution in [2.45, 2.75) is 18.8 Å². The van der Waals surface area contributed by atoms with Crippen LogP contribution < -0.4 is 4.90 Å². The molecule has 3 nitrogen and oxygen atoms in total. The summed E-state index contributed by atoms with van der Waals surface area (Å²) in [4.78, 5) is 13.8. The highest BCUT2D eigenvalue weighted by Gasteiger charge is 2.45. The van der Waals surface area contributed by atoms with E-state index in [1.54, 1.807) is 36.2 Å². The predicted molar refractivity (Wildman–Crippen MR) is 63.7 cm³/mol. The largest absolute Gasteiger partial charge is 0.508 e. The Morgan fingerprint density at radius 2 is 2.25 bits per heavy atom. The van der Waals surface area contributed by atoms with Crippen molar-refractivity contribution in [2.24, 2.45) is 0 Å². The average Bonchev–Trinajstić information content (AvgIpc) is 2.42. The number of allylic oxidation sites excluding steroid dienone is 1. The van der Waals surface area contributed by atoms with E-state index in [-0.39, 0.29) is 11.7 Å². The van der Waals surface area contributed by atoms with Gasteiger partial charge in [-0.25, -0.2) is 0 Å². The molecule has 1 aliphatic rings. The van der Waals surface area contributed by atoms with E-state index in [0.717, 1.165) is 11.3 Å². The van der Waals surface area contributed by atoms with Crippen LogP contribution >= 0.6 is 0 Å². The van der Waals surface area contributed by atoms with Crippen molar-refractivity contribution in [3.63, 3.8) is 0 Å². The summed E-state index contributed by atoms with van der Waals surface area (Å²) in [5.41, 5.74) is 1.15. The zero-order chi connectivity index (χ0) is 11.9. The van der Waals surface area contributed by atoms with Crippen molar-refractivity contribution in [2.75, 3.05) is 11.9 Å². The second-order valence-electron chi connectivity index (χ2n) is 4.39. The normalized spacial score (nSPS) is 23.4. The van der Waals surface area contributed by atoms with E-state index < -0.39 is 5.41 Å². The lowest BCUT2D eigenvalue weighted by Gasteiger charge is -2.21. The summed E-state index contributed by atoms with van der Waals surface area (Å²) in [6.07, 6.45) is 2.32. The van der Waals surface area contributed by atoms with Crippen LogP contribution in [0.25, 0.3) is 0 Å². The van der Waals surface area contributed by atoms with E-state index in [2.05, 4.69) is 6.58 Å². The maximum absolute atomic E-state index is 12.2. The molecule has 0 spiro atoms. The molecule has 1 aromatic carbocycles. The van der Waals surface area contributed by atoms with Gasteiger partial charge in [-0.3, -0.25) is 4.79 Å².